The Hall–Kier alpha value is -3.10. The minimum atomic E-state index is -1.02. The van der Waals surface area contributed by atoms with E-state index in [9.17, 15) is 9.90 Å². The first-order valence-electron chi connectivity index (χ1n) is 7.80. The van der Waals surface area contributed by atoms with Crippen molar-refractivity contribution in [1.29, 1.82) is 0 Å². The van der Waals surface area contributed by atoms with Crippen molar-refractivity contribution in [2.45, 2.75) is 19.4 Å². The van der Waals surface area contributed by atoms with Gasteiger partial charge in [0, 0.05) is 11.1 Å². The number of ether oxygens (including phenoxy) is 1. The molecule has 2 N–H and O–H groups in total. The molecule has 126 valence electrons. The molecule has 0 bridgehead atoms. The Balaban J connectivity index is 1.91. The molecule has 0 aliphatic rings. The normalized spacial score (nSPS) is 11.0. The summed E-state index contributed by atoms with van der Waals surface area (Å²) in [7, 11) is 1.35. The quantitative estimate of drug-likeness (QED) is 0.558. The highest BCUT2D eigenvalue weighted by molar-refractivity contribution is 5.94. The summed E-state index contributed by atoms with van der Waals surface area (Å²) >= 11 is 0. The van der Waals surface area contributed by atoms with Gasteiger partial charge in [0.05, 0.1) is 23.7 Å². The van der Waals surface area contributed by atoms with E-state index >= 15 is 0 Å². The number of rotatable bonds is 2. The SMILES string of the molecule is COC(=O)c1ccc2nc(-c3ccc(C#CC(C)(C)O)cc3)[nH]c2c1. The van der Waals surface area contributed by atoms with E-state index in [1.807, 2.05) is 24.3 Å². The number of benzene rings is 2. The molecular formula is C20H18N2O3. The van der Waals surface area contributed by atoms with Gasteiger partial charge in [-0.2, -0.15) is 0 Å². The van der Waals surface area contributed by atoms with E-state index in [0.29, 0.717) is 11.4 Å². The van der Waals surface area contributed by atoms with Crippen molar-refractivity contribution in [3.8, 4) is 23.2 Å². The fraction of sp³-hybridized carbons (Fsp3) is 0.200. The summed E-state index contributed by atoms with van der Waals surface area (Å²) in [6.45, 7) is 3.29. The number of imidazole rings is 1. The predicted octanol–water partition coefficient (Wildman–Crippen LogP) is 3.14. The first-order chi connectivity index (χ1) is 11.9. The molecule has 0 saturated carbocycles. The molecule has 0 atom stereocenters. The number of aromatic nitrogens is 2. The highest BCUT2D eigenvalue weighted by Gasteiger charge is 2.10. The number of H-pyrrole nitrogens is 1. The summed E-state index contributed by atoms with van der Waals surface area (Å²) in [6.07, 6.45) is 0. The van der Waals surface area contributed by atoms with Crippen molar-refractivity contribution in [2.75, 3.05) is 7.11 Å². The molecule has 0 amide bonds. The van der Waals surface area contributed by atoms with Crippen LogP contribution in [0.2, 0.25) is 0 Å². The number of esters is 1. The lowest BCUT2D eigenvalue weighted by atomic mass is 10.1. The summed E-state index contributed by atoms with van der Waals surface area (Å²) in [5, 5.41) is 9.65. The first kappa shape index (κ1) is 16.7. The second-order valence-corrected chi connectivity index (χ2v) is 6.20. The topological polar surface area (TPSA) is 75.2 Å². The number of carbonyl (C=O) groups is 1. The Labute approximate surface area is 145 Å². The van der Waals surface area contributed by atoms with Crippen LogP contribution in [0.25, 0.3) is 22.4 Å². The van der Waals surface area contributed by atoms with Crippen molar-refractivity contribution < 1.29 is 14.6 Å². The van der Waals surface area contributed by atoms with Gasteiger partial charge in [0.1, 0.15) is 11.4 Å². The van der Waals surface area contributed by atoms with E-state index in [1.54, 1.807) is 32.0 Å². The fourth-order valence-electron chi connectivity index (χ4n) is 2.33. The Kier molecular flexibility index (Phi) is 4.30. The van der Waals surface area contributed by atoms with Crippen LogP contribution >= 0.6 is 0 Å². The van der Waals surface area contributed by atoms with Crippen molar-refractivity contribution in [2.24, 2.45) is 0 Å². The minimum absolute atomic E-state index is 0.382. The van der Waals surface area contributed by atoms with Gasteiger partial charge in [-0.15, -0.1) is 0 Å². The summed E-state index contributed by atoms with van der Waals surface area (Å²) < 4.78 is 4.73. The van der Waals surface area contributed by atoms with E-state index in [-0.39, 0.29) is 5.97 Å². The molecule has 1 aromatic heterocycles. The Morgan fingerprint density at radius 3 is 2.56 bits per heavy atom. The van der Waals surface area contributed by atoms with E-state index in [4.69, 9.17) is 4.74 Å². The molecule has 5 nitrogen and oxygen atoms in total. The molecule has 3 aromatic rings. The van der Waals surface area contributed by atoms with Gasteiger partial charge in [0.2, 0.25) is 0 Å². The lowest BCUT2D eigenvalue weighted by Crippen LogP contribution is -2.14. The maximum atomic E-state index is 11.6. The Morgan fingerprint density at radius 2 is 1.92 bits per heavy atom. The number of aromatic amines is 1. The standard InChI is InChI=1S/C20H18N2O3/c1-20(2,24)11-10-13-4-6-14(7-5-13)18-21-16-9-8-15(19(23)25-3)12-17(16)22-18/h4-9,12,24H,1-3H3,(H,21,22). The molecule has 0 aliphatic heterocycles. The number of hydrogen-bond acceptors (Lipinski definition) is 4. The van der Waals surface area contributed by atoms with Crippen LogP contribution < -0.4 is 0 Å². The molecule has 2 aromatic carbocycles. The molecule has 0 radical (unpaired) electrons. The molecular weight excluding hydrogens is 316 g/mol. The fourth-order valence-corrected chi connectivity index (χ4v) is 2.33. The average molecular weight is 334 g/mol. The maximum absolute atomic E-state index is 11.6. The molecule has 0 fully saturated rings. The van der Waals surface area contributed by atoms with E-state index < -0.39 is 5.60 Å². The van der Waals surface area contributed by atoms with E-state index in [1.165, 1.54) is 7.11 Å². The van der Waals surface area contributed by atoms with Crippen molar-refractivity contribution in [3.05, 3.63) is 53.6 Å². The number of hydrogen-bond donors (Lipinski definition) is 2. The van der Waals surface area contributed by atoms with Gasteiger partial charge in [-0.05, 0) is 44.2 Å². The van der Waals surface area contributed by atoms with Gasteiger partial charge >= 0.3 is 5.97 Å². The van der Waals surface area contributed by atoms with Crippen LogP contribution in [-0.2, 0) is 4.74 Å². The molecule has 5 heteroatoms. The summed E-state index contributed by atoms with van der Waals surface area (Å²) in [5.74, 6) is 6.04. The van der Waals surface area contributed by atoms with Crippen LogP contribution in [0.4, 0.5) is 0 Å². The Morgan fingerprint density at radius 1 is 1.20 bits per heavy atom. The predicted molar refractivity (Wildman–Crippen MR) is 96.0 cm³/mol. The van der Waals surface area contributed by atoms with Gasteiger partial charge in [-0.25, -0.2) is 9.78 Å². The molecule has 1 heterocycles. The number of nitrogens with one attached hydrogen (secondary N) is 1. The smallest absolute Gasteiger partial charge is 0.337 e. The number of nitrogens with zero attached hydrogens (tertiary/aromatic N) is 1. The zero-order chi connectivity index (χ0) is 18.0. The molecule has 25 heavy (non-hydrogen) atoms. The summed E-state index contributed by atoms with van der Waals surface area (Å²) in [6, 6.07) is 12.8. The van der Waals surface area contributed by atoms with Gasteiger partial charge in [0.15, 0.2) is 0 Å². The monoisotopic (exact) mass is 334 g/mol. The maximum Gasteiger partial charge on any atom is 0.337 e. The number of fused-ring (bicyclic) bond motifs is 1. The zero-order valence-corrected chi connectivity index (χ0v) is 14.3. The second kappa shape index (κ2) is 6.42. The lowest BCUT2D eigenvalue weighted by molar-refractivity contribution is 0.0601. The zero-order valence-electron chi connectivity index (χ0n) is 14.3. The van der Waals surface area contributed by atoms with Crippen LogP contribution in [0, 0.1) is 11.8 Å². The lowest BCUT2D eigenvalue weighted by Gasteiger charge is -2.05. The third-order valence-electron chi connectivity index (χ3n) is 3.57. The van der Waals surface area contributed by atoms with E-state index in [2.05, 4.69) is 21.8 Å². The number of carbonyl (C=O) groups excluding carboxylic acids is 1. The summed E-state index contributed by atoms with van der Waals surface area (Å²) in [4.78, 5) is 19.4. The second-order valence-electron chi connectivity index (χ2n) is 6.20. The molecule has 0 spiro atoms. The molecule has 3 rings (SSSR count). The largest absolute Gasteiger partial charge is 0.465 e. The minimum Gasteiger partial charge on any atom is -0.465 e. The van der Waals surface area contributed by atoms with Crippen LogP contribution in [0.15, 0.2) is 42.5 Å². The molecule has 0 saturated heterocycles. The van der Waals surface area contributed by atoms with Crippen molar-refractivity contribution in [1.82, 2.24) is 9.97 Å². The highest BCUT2D eigenvalue weighted by atomic mass is 16.5. The first-order valence-corrected chi connectivity index (χ1v) is 7.80. The highest BCUT2D eigenvalue weighted by Crippen LogP contribution is 2.22. The molecule has 0 aliphatic carbocycles. The van der Waals surface area contributed by atoms with Crippen LogP contribution in [0.3, 0.4) is 0 Å². The molecule has 0 unspecified atom stereocenters. The Bertz CT molecular complexity index is 984. The number of aliphatic hydroxyl groups is 1. The van der Waals surface area contributed by atoms with E-state index in [0.717, 1.165) is 22.2 Å². The third kappa shape index (κ3) is 3.87. The number of methoxy groups -OCH3 is 1. The van der Waals surface area contributed by atoms with Crippen LogP contribution in [0.1, 0.15) is 29.8 Å². The van der Waals surface area contributed by atoms with Gasteiger partial charge in [-0.1, -0.05) is 24.0 Å². The van der Waals surface area contributed by atoms with Crippen molar-refractivity contribution in [3.63, 3.8) is 0 Å². The average Bonchev–Trinajstić information content (AvgIpc) is 3.02. The van der Waals surface area contributed by atoms with Crippen LogP contribution in [0.5, 0.6) is 0 Å². The van der Waals surface area contributed by atoms with Gasteiger partial charge < -0.3 is 14.8 Å². The van der Waals surface area contributed by atoms with Crippen LogP contribution in [-0.4, -0.2) is 33.8 Å². The summed E-state index contributed by atoms with van der Waals surface area (Å²) in [5.41, 5.74) is 2.72. The van der Waals surface area contributed by atoms with Gasteiger partial charge in [-0.3, -0.25) is 0 Å². The van der Waals surface area contributed by atoms with Crippen molar-refractivity contribution >= 4 is 17.0 Å². The third-order valence-corrected chi connectivity index (χ3v) is 3.57. The van der Waals surface area contributed by atoms with Gasteiger partial charge in [0.25, 0.3) is 0 Å².